The fourth-order valence-corrected chi connectivity index (χ4v) is 1.78. The summed E-state index contributed by atoms with van der Waals surface area (Å²) < 4.78 is 11.2. The average Bonchev–Trinajstić information content (AvgIpc) is 2.29. The standard InChI is InChI=1S/C13H17O3/c1-2-3-4-5-13-15-9-10-8-11(14)6-7-12(10)16-13/h6-8,13-14H,1-5,9H2. The third kappa shape index (κ3) is 2.67. The zero-order valence-electron chi connectivity index (χ0n) is 9.32. The van der Waals surface area contributed by atoms with Crippen LogP contribution in [0.25, 0.3) is 0 Å². The third-order valence-electron chi connectivity index (χ3n) is 2.67. The van der Waals surface area contributed by atoms with Crippen molar-refractivity contribution in [2.24, 2.45) is 0 Å². The summed E-state index contributed by atoms with van der Waals surface area (Å²) in [6, 6.07) is 5.11. The number of phenols is 1. The van der Waals surface area contributed by atoms with Gasteiger partial charge in [-0.25, -0.2) is 0 Å². The normalized spacial score (nSPS) is 18.9. The Labute approximate surface area is 96.0 Å². The van der Waals surface area contributed by atoms with Crippen LogP contribution >= 0.6 is 0 Å². The molecule has 0 spiro atoms. The van der Waals surface area contributed by atoms with Crippen molar-refractivity contribution in [3.05, 3.63) is 30.7 Å². The molecule has 2 rings (SSSR count). The number of fused-ring (bicyclic) bond motifs is 1. The maximum atomic E-state index is 9.31. The van der Waals surface area contributed by atoms with Gasteiger partial charge in [0.25, 0.3) is 0 Å². The number of hydrogen-bond donors (Lipinski definition) is 1. The van der Waals surface area contributed by atoms with Gasteiger partial charge in [-0.3, -0.25) is 0 Å². The van der Waals surface area contributed by atoms with Gasteiger partial charge in [-0.05, 0) is 24.6 Å². The van der Waals surface area contributed by atoms with E-state index in [1.165, 1.54) is 0 Å². The van der Waals surface area contributed by atoms with E-state index in [1.54, 1.807) is 18.2 Å². The van der Waals surface area contributed by atoms with Crippen LogP contribution < -0.4 is 4.74 Å². The lowest BCUT2D eigenvalue weighted by molar-refractivity contribution is -0.112. The predicted octanol–water partition coefficient (Wildman–Crippen LogP) is 3.02. The van der Waals surface area contributed by atoms with E-state index in [9.17, 15) is 5.11 Å². The minimum atomic E-state index is -0.149. The molecule has 3 heteroatoms. The number of unbranched alkanes of at least 4 members (excludes halogenated alkanes) is 2. The minimum absolute atomic E-state index is 0.149. The van der Waals surface area contributed by atoms with Gasteiger partial charge >= 0.3 is 0 Å². The molecule has 0 aromatic heterocycles. The molecule has 1 heterocycles. The summed E-state index contributed by atoms with van der Waals surface area (Å²) in [5, 5.41) is 9.31. The fraction of sp³-hybridized carbons (Fsp3) is 0.462. The van der Waals surface area contributed by atoms with Crippen LogP contribution in [0, 0.1) is 6.92 Å². The molecule has 1 aliphatic heterocycles. The maximum absolute atomic E-state index is 9.31. The van der Waals surface area contributed by atoms with E-state index < -0.39 is 0 Å². The first-order valence-electron chi connectivity index (χ1n) is 5.69. The van der Waals surface area contributed by atoms with E-state index in [-0.39, 0.29) is 12.0 Å². The number of rotatable bonds is 4. The Kier molecular flexibility index (Phi) is 3.67. The van der Waals surface area contributed by atoms with Crippen LogP contribution in [-0.2, 0) is 11.3 Å². The van der Waals surface area contributed by atoms with Crippen LogP contribution in [0.1, 0.15) is 31.2 Å². The molecule has 0 bridgehead atoms. The van der Waals surface area contributed by atoms with Gasteiger partial charge in [0.05, 0.1) is 6.61 Å². The van der Waals surface area contributed by atoms with Crippen molar-refractivity contribution in [1.29, 1.82) is 0 Å². The second-order valence-corrected chi connectivity index (χ2v) is 4.00. The minimum Gasteiger partial charge on any atom is -0.508 e. The molecule has 3 nitrogen and oxygen atoms in total. The van der Waals surface area contributed by atoms with Crippen LogP contribution in [0.4, 0.5) is 0 Å². The maximum Gasteiger partial charge on any atom is 0.200 e. The van der Waals surface area contributed by atoms with Crippen LogP contribution in [0.15, 0.2) is 18.2 Å². The Morgan fingerprint density at radius 1 is 1.38 bits per heavy atom. The molecule has 1 radical (unpaired) electrons. The lowest BCUT2D eigenvalue weighted by Gasteiger charge is -2.26. The van der Waals surface area contributed by atoms with Gasteiger partial charge in [-0.1, -0.05) is 19.8 Å². The Hall–Kier alpha value is -1.22. The molecule has 0 amide bonds. The highest BCUT2D eigenvalue weighted by molar-refractivity contribution is 5.39. The summed E-state index contributed by atoms with van der Waals surface area (Å²) in [5.74, 6) is 1.07. The van der Waals surface area contributed by atoms with Crippen LogP contribution in [0.5, 0.6) is 11.5 Å². The van der Waals surface area contributed by atoms with Gasteiger partial charge in [0.1, 0.15) is 11.5 Å². The molecule has 1 N–H and O–H groups in total. The molecule has 1 aromatic rings. The monoisotopic (exact) mass is 221 g/mol. The van der Waals surface area contributed by atoms with E-state index >= 15 is 0 Å². The van der Waals surface area contributed by atoms with Gasteiger partial charge in [-0.15, -0.1) is 0 Å². The van der Waals surface area contributed by atoms with Crippen LogP contribution in [-0.4, -0.2) is 11.4 Å². The van der Waals surface area contributed by atoms with Crippen molar-refractivity contribution in [1.82, 2.24) is 0 Å². The first kappa shape index (κ1) is 11.3. The number of hydrogen-bond acceptors (Lipinski definition) is 3. The van der Waals surface area contributed by atoms with E-state index in [1.807, 2.05) is 0 Å². The van der Waals surface area contributed by atoms with Crippen molar-refractivity contribution in [3.63, 3.8) is 0 Å². The van der Waals surface area contributed by atoms with Gasteiger partial charge in [0, 0.05) is 12.0 Å². The molecule has 16 heavy (non-hydrogen) atoms. The highest BCUT2D eigenvalue weighted by atomic mass is 16.7. The Balaban J connectivity index is 1.93. The summed E-state index contributed by atoms with van der Waals surface area (Å²) in [4.78, 5) is 0. The Bertz CT molecular complexity index is 349. The summed E-state index contributed by atoms with van der Waals surface area (Å²) in [6.07, 6.45) is 3.88. The largest absolute Gasteiger partial charge is 0.508 e. The molecular weight excluding hydrogens is 204 g/mol. The van der Waals surface area contributed by atoms with Crippen LogP contribution in [0.3, 0.4) is 0 Å². The first-order chi connectivity index (χ1) is 7.79. The lowest BCUT2D eigenvalue weighted by atomic mass is 10.1. The Morgan fingerprint density at radius 2 is 2.25 bits per heavy atom. The number of ether oxygens (including phenoxy) is 2. The van der Waals surface area contributed by atoms with E-state index in [0.29, 0.717) is 6.61 Å². The van der Waals surface area contributed by atoms with Crippen molar-refractivity contribution in [2.75, 3.05) is 0 Å². The van der Waals surface area contributed by atoms with E-state index in [4.69, 9.17) is 9.47 Å². The number of phenolic OH excluding ortho intramolecular Hbond substituents is 1. The smallest absolute Gasteiger partial charge is 0.200 e. The third-order valence-corrected chi connectivity index (χ3v) is 2.67. The van der Waals surface area contributed by atoms with Gasteiger partial charge in [0.2, 0.25) is 0 Å². The van der Waals surface area contributed by atoms with Crippen molar-refractivity contribution < 1.29 is 14.6 Å². The highest BCUT2D eigenvalue weighted by Crippen LogP contribution is 2.30. The molecule has 1 aliphatic rings. The molecule has 1 atom stereocenters. The zero-order chi connectivity index (χ0) is 11.4. The molecule has 0 saturated heterocycles. The molecular formula is C13H17O3. The second-order valence-electron chi connectivity index (χ2n) is 4.00. The highest BCUT2D eigenvalue weighted by Gasteiger charge is 2.19. The fourth-order valence-electron chi connectivity index (χ4n) is 1.78. The van der Waals surface area contributed by atoms with Gasteiger partial charge in [0.15, 0.2) is 6.29 Å². The second kappa shape index (κ2) is 5.21. The van der Waals surface area contributed by atoms with Crippen molar-refractivity contribution in [2.45, 2.75) is 38.6 Å². The number of aromatic hydroxyl groups is 1. The van der Waals surface area contributed by atoms with Gasteiger partial charge < -0.3 is 14.6 Å². The van der Waals surface area contributed by atoms with Crippen molar-refractivity contribution in [3.8, 4) is 11.5 Å². The topological polar surface area (TPSA) is 38.7 Å². The van der Waals surface area contributed by atoms with Crippen LogP contribution in [0.2, 0.25) is 0 Å². The molecule has 0 aliphatic carbocycles. The predicted molar refractivity (Wildman–Crippen MR) is 61.1 cm³/mol. The van der Waals surface area contributed by atoms with Crippen molar-refractivity contribution >= 4 is 0 Å². The molecule has 0 saturated carbocycles. The molecule has 0 fully saturated rings. The summed E-state index contributed by atoms with van der Waals surface area (Å²) in [7, 11) is 0. The first-order valence-corrected chi connectivity index (χ1v) is 5.69. The Morgan fingerprint density at radius 3 is 3.06 bits per heavy atom. The molecule has 1 unspecified atom stereocenters. The summed E-state index contributed by atoms with van der Waals surface area (Å²) in [6.45, 7) is 4.32. The summed E-state index contributed by atoms with van der Waals surface area (Å²) >= 11 is 0. The SMILES string of the molecule is [CH2]CCCCC1OCc2cc(O)ccc2O1. The molecule has 1 aromatic carbocycles. The van der Waals surface area contributed by atoms with E-state index in [2.05, 4.69) is 6.92 Å². The van der Waals surface area contributed by atoms with E-state index in [0.717, 1.165) is 37.0 Å². The number of benzene rings is 1. The quantitative estimate of drug-likeness (QED) is 0.794. The summed E-state index contributed by atoms with van der Waals surface area (Å²) in [5.41, 5.74) is 0.911. The zero-order valence-corrected chi connectivity index (χ0v) is 9.32. The van der Waals surface area contributed by atoms with Gasteiger partial charge in [-0.2, -0.15) is 0 Å². The molecule has 87 valence electrons. The lowest BCUT2D eigenvalue weighted by Crippen LogP contribution is -2.25. The average molecular weight is 221 g/mol.